The molecule has 1 aliphatic carbocycles. The van der Waals surface area contributed by atoms with Gasteiger partial charge in [-0.25, -0.2) is 0 Å². The number of hydrogen-bond donors (Lipinski definition) is 1. The van der Waals surface area contributed by atoms with Gasteiger partial charge in [0.25, 0.3) is 0 Å². The zero-order chi connectivity index (χ0) is 14.8. The van der Waals surface area contributed by atoms with Crippen LogP contribution in [0.25, 0.3) is 0 Å². The van der Waals surface area contributed by atoms with Crippen LogP contribution in [0, 0.1) is 0 Å². The molecule has 0 aromatic heterocycles. The standard InChI is InChI=1S/C17H27NOS/c1-13(18(3)4)14-9-5-6-10-15(14)20-16-11-7-8-12-17(16,2)19/h5-6,9-10,13,16,19H,7-8,11-12H2,1-4H3/t13-,16-,17-/m1/s1. The third-order valence-electron chi connectivity index (χ3n) is 4.51. The number of thioether (sulfide) groups is 1. The van der Waals surface area contributed by atoms with E-state index in [9.17, 15) is 5.11 Å². The van der Waals surface area contributed by atoms with Gasteiger partial charge in [-0.05, 0) is 52.4 Å². The smallest absolute Gasteiger partial charge is 0.0741 e. The Morgan fingerprint density at radius 2 is 2.00 bits per heavy atom. The normalized spacial score (nSPS) is 28.6. The van der Waals surface area contributed by atoms with Crippen LogP contribution < -0.4 is 0 Å². The second-order valence-electron chi connectivity index (χ2n) is 6.39. The van der Waals surface area contributed by atoms with Gasteiger partial charge in [0.15, 0.2) is 0 Å². The highest BCUT2D eigenvalue weighted by Crippen LogP contribution is 2.42. The molecule has 0 saturated heterocycles. The lowest BCUT2D eigenvalue weighted by Gasteiger charge is -2.37. The summed E-state index contributed by atoms with van der Waals surface area (Å²) >= 11 is 1.87. The van der Waals surface area contributed by atoms with Crippen LogP contribution in [-0.4, -0.2) is 35.0 Å². The van der Waals surface area contributed by atoms with Gasteiger partial charge < -0.3 is 10.0 Å². The summed E-state index contributed by atoms with van der Waals surface area (Å²) in [6, 6.07) is 9.02. The minimum Gasteiger partial charge on any atom is -0.389 e. The van der Waals surface area contributed by atoms with Crippen molar-refractivity contribution in [2.24, 2.45) is 0 Å². The van der Waals surface area contributed by atoms with E-state index in [2.05, 4.69) is 50.2 Å². The SMILES string of the molecule is C[C@H](c1ccccc1S[C@@H]1CCCC[C@@]1(C)O)N(C)C. The zero-order valence-electron chi connectivity index (χ0n) is 13.1. The highest BCUT2D eigenvalue weighted by Gasteiger charge is 2.35. The minimum atomic E-state index is -0.530. The predicted molar refractivity (Wildman–Crippen MR) is 87.3 cm³/mol. The summed E-state index contributed by atoms with van der Waals surface area (Å²) in [4.78, 5) is 3.55. The van der Waals surface area contributed by atoms with E-state index in [1.807, 2.05) is 18.7 Å². The molecular weight excluding hydrogens is 266 g/mol. The Morgan fingerprint density at radius 1 is 1.30 bits per heavy atom. The first-order chi connectivity index (χ1) is 9.42. The Labute approximate surface area is 127 Å². The number of hydrogen-bond acceptors (Lipinski definition) is 3. The lowest BCUT2D eigenvalue weighted by molar-refractivity contribution is 0.0291. The average Bonchev–Trinajstić information content (AvgIpc) is 2.41. The highest BCUT2D eigenvalue weighted by molar-refractivity contribution is 8.00. The molecule has 0 unspecified atom stereocenters. The van der Waals surface area contributed by atoms with Gasteiger partial charge in [0, 0.05) is 16.2 Å². The Kier molecular flexibility index (Phi) is 5.16. The second-order valence-corrected chi connectivity index (χ2v) is 7.63. The van der Waals surface area contributed by atoms with Gasteiger partial charge in [-0.15, -0.1) is 11.8 Å². The first-order valence-corrected chi connectivity index (χ1v) is 8.44. The molecule has 1 aromatic rings. The quantitative estimate of drug-likeness (QED) is 0.904. The first-order valence-electron chi connectivity index (χ1n) is 7.56. The Bertz CT molecular complexity index is 444. The maximum Gasteiger partial charge on any atom is 0.0741 e. The molecular formula is C17H27NOS. The summed E-state index contributed by atoms with van der Waals surface area (Å²) in [6.45, 7) is 4.24. The zero-order valence-corrected chi connectivity index (χ0v) is 13.9. The molecule has 1 aliphatic rings. The molecule has 1 aromatic carbocycles. The molecule has 1 N–H and O–H groups in total. The van der Waals surface area contributed by atoms with Gasteiger partial charge in [0.2, 0.25) is 0 Å². The van der Waals surface area contributed by atoms with Crippen molar-refractivity contribution >= 4 is 11.8 Å². The fraction of sp³-hybridized carbons (Fsp3) is 0.647. The molecule has 0 bridgehead atoms. The third kappa shape index (κ3) is 3.57. The number of aliphatic hydroxyl groups is 1. The summed E-state index contributed by atoms with van der Waals surface area (Å²) < 4.78 is 0. The van der Waals surface area contributed by atoms with E-state index < -0.39 is 5.60 Å². The Morgan fingerprint density at radius 3 is 2.65 bits per heavy atom. The van der Waals surface area contributed by atoms with Gasteiger partial charge in [-0.1, -0.05) is 31.0 Å². The maximum atomic E-state index is 10.6. The van der Waals surface area contributed by atoms with Crippen LogP contribution in [0.15, 0.2) is 29.2 Å². The van der Waals surface area contributed by atoms with E-state index in [1.165, 1.54) is 16.9 Å². The molecule has 3 heteroatoms. The Balaban J connectivity index is 2.21. The fourth-order valence-corrected chi connectivity index (χ4v) is 4.33. The van der Waals surface area contributed by atoms with Crippen molar-refractivity contribution in [2.75, 3.05) is 14.1 Å². The predicted octanol–water partition coefficient (Wildman–Crippen LogP) is 4.09. The third-order valence-corrected chi connectivity index (χ3v) is 6.16. The van der Waals surface area contributed by atoms with Crippen molar-refractivity contribution in [3.8, 4) is 0 Å². The first kappa shape index (κ1) is 15.9. The number of benzene rings is 1. The molecule has 1 saturated carbocycles. The summed E-state index contributed by atoms with van der Waals surface area (Å²) in [6.07, 6.45) is 4.43. The van der Waals surface area contributed by atoms with E-state index in [-0.39, 0.29) is 0 Å². The largest absolute Gasteiger partial charge is 0.389 e. The molecule has 112 valence electrons. The molecule has 0 amide bonds. The number of rotatable bonds is 4. The molecule has 2 nitrogen and oxygen atoms in total. The molecule has 2 rings (SSSR count). The van der Waals surface area contributed by atoms with Crippen molar-refractivity contribution < 1.29 is 5.11 Å². The van der Waals surface area contributed by atoms with Crippen molar-refractivity contribution in [3.63, 3.8) is 0 Å². The average molecular weight is 293 g/mol. The van der Waals surface area contributed by atoms with Crippen molar-refractivity contribution in [2.45, 2.75) is 61.3 Å². The van der Waals surface area contributed by atoms with Crippen LogP contribution in [0.4, 0.5) is 0 Å². The van der Waals surface area contributed by atoms with Gasteiger partial charge in [-0.2, -0.15) is 0 Å². The molecule has 0 aliphatic heterocycles. The van der Waals surface area contributed by atoms with Crippen LogP contribution in [-0.2, 0) is 0 Å². The van der Waals surface area contributed by atoms with Gasteiger partial charge in [0.1, 0.15) is 0 Å². The summed E-state index contributed by atoms with van der Waals surface area (Å²) in [5, 5.41) is 10.9. The topological polar surface area (TPSA) is 23.5 Å². The molecule has 3 atom stereocenters. The van der Waals surface area contributed by atoms with Crippen molar-refractivity contribution in [3.05, 3.63) is 29.8 Å². The van der Waals surface area contributed by atoms with E-state index >= 15 is 0 Å². The molecule has 20 heavy (non-hydrogen) atoms. The minimum absolute atomic E-state index is 0.312. The van der Waals surface area contributed by atoms with E-state index in [1.54, 1.807) is 0 Å². The molecule has 0 heterocycles. The molecule has 1 fully saturated rings. The molecule has 0 radical (unpaired) electrons. The van der Waals surface area contributed by atoms with E-state index in [0.29, 0.717) is 11.3 Å². The van der Waals surface area contributed by atoms with Crippen LogP contribution >= 0.6 is 11.8 Å². The van der Waals surface area contributed by atoms with E-state index in [4.69, 9.17) is 0 Å². The lowest BCUT2D eigenvalue weighted by atomic mass is 9.86. The van der Waals surface area contributed by atoms with Crippen LogP contribution in [0.1, 0.15) is 51.1 Å². The van der Waals surface area contributed by atoms with Crippen LogP contribution in [0.2, 0.25) is 0 Å². The van der Waals surface area contributed by atoms with E-state index in [0.717, 1.165) is 19.3 Å². The van der Waals surface area contributed by atoms with Crippen LogP contribution in [0.5, 0.6) is 0 Å². The monoisotopic (exact) mass is 293 g/mol. The Hall–Kier alpha value is -0.510. The summed E-state index contributed by atoms with van der Waals surface area (Å²) in [5.74, 6) is 0. The number of nitrogens with zero attached hydrogens (tertiary/aromatic N) is 1. The maximum absolute atomic E-state index is 10.6. The van der Waals surface area contributed by atoms with Crippen molar-refractivity contribution in [1.29, 1.82) is 0 Å². The highest BCUT2D eigenvalue weighted by atomic mass is 32.2. The van der Waals surface area contributed by atoms with Gasteiger partial charge in [-0.3, -0.25) is 0 Å². The van der Waals surface area contributed by atoms with Crippen molar-refractivity contribution in [1.82, 2.24) is 4.90 Å². The van der Waals surface area contributed by atoms with Gasteiger partial charge in [0.05, 0.1) is 5.60 Å². The lowest BCUT2D eigenvalue weighted by Crippen LogP contribution is -2.39. The van der Waals surface area contributed by atoms with Gasteiger partial charge >= 0.3 is 0 Å². The van der Waals surface area contributed by atoms with Crippen LogP contribution in [0.3, 0.4) is 0 Å². The fourth-order valence-electron chi connectivity index (χ4n) is 2.83. The second kappa shape index (κ2) is 6.50. The molecule has 0 spiro atoms. The summed E-state index contributed by atoms with van der Waals surface area (Å²) in [7, 11) is 4.23. The summed E-state index contributed by atoms with van der Waals surface area (Å²) in [5.41, 5.74) is 0.834.